The van der Waals surface area contributed by atoms with E-state index in [4.69, 9.17) is 34.8 Å². The average Bonchev–Trinajstić information content (AvgIpc) is 2.74. The maximum Gasteiger partial charge on any atom is 0.248 e. The standard InChI is InChI=1S/C22H23Cl3N2O2/c23-14-20(28)27(19-12-10-17(25)11-13-19)21(15-6-8-16(24)9-7-15)22(29)26-18-4-2-1-3-5-18/h6-13,18,21H,1-5,14H2,(H,26,29)/t21-/m0/s1. The van der Waals surface area contributed by atoms with Gasteiger partial charge in [-0.15, -0.1) is 11.6 Å². The molecule has 0 aromatic heterocycles. The van der Waals surface area contributed by atoms with E-state index in [-0.39, 0.29) is 23.7 Å². The summed E-state index contributed by atoms with van der Waals surface area (Å²) in [5, 5.41) is 4.24. The number of hydrogen-bond donors (Lipinski definition) is 1. The Morgan fingerprint density at radius 3 is 2.03 bits per heavy atom. The molecule has 1 aliphatic carbocycles. The molecule has 0 saturated heterocycles. The third kappa shape index (κ3) is 5.65. The Hall–Kier alpha value is -1.75. The smallest absolute Gasteiger partial charge is 0.248 e. The van der Waals surface area contributed by atoms with E-state index in [0.717, 1.165) is 25.7 Å². The van der Waals surface area contributed by atoms with Crippen molar-refractivity contribution in [2.75, 3.05) is 10.8 Å². The molecule has 0 spiro atoms. The third-order valence-electron chi connectivity index (χ3n) is 5.13. The van der Waals surface area contributed by atoms with Crippen molar-refractivity contribution in [2.45, 2.75) is 44.2 Å². The lowest BCUT2D eigenvalue weighted by Gasteiger charge is -2.33. The summed E-state index contributed by atoms with van der Waals surface area (Å²) in [5.41, 5.74) is 1.22. The predicted molar refractivity (Wildman–Crippen MR) is 119 cm³/mol. The molecule has 3 rings (SSSR count). The van der Waals surface area contributed by atoms with Crippen LogP contribution < -0.4 is 10.2 Å². The lowest BCUT2D eigenvalue weighted by molar-refractivity contribution is -0.126. The molecular formula is C22H23Cl3N2O2. The fourth-order valence-electron chi connectivity index (χ4n) is 3.69. The Morgan fingerprint density at radius 2 is 1.48 bits per heavy atom. The van der Waals surface area contributed by atoms with E-state index < -0.39 is 6.04 Å². The lowest BCUT2D eigenvalue weighted by atomic mass is 9.94. The van der Waals surface area contributed by atoms with E-state index in [9.17, 15) is 9.59 Å². The number of rotatable bonds is 6. The second kappa shape index (κ2) is 10.3. The van der Waals surface area contributed by atoms with Crippen LogP contribution >= 0.6 is 34.8 Å². The Morgan fingerprint density at radius 1 is 0.931 bits per heavy atom. The first-order valence-corrected chi connectivity index (χ1v) is 11.0. The van der Waals surface area contributed by atoms with Gasteiger partial charge in [-0.1, -0.05) is 54.6 Å². The number of carbonyl (C=O) groups excluding carboxylic acids is 2. The van der Waals surface area contributed by atoms with E-state index in [1.165, 1.54) is 11.3 Å². The zero-order valence-electron chi connectivity index (χ0n) is 15.9. The van der Waals surface area contributed by atoms with Crippen LogP contribution in [0.3, 0.4) is 0 Å². The molecule has 1 fully saturated rings. The third-order valence-corrected chi connectivity index (χ3v) is 5.86. The van der Waals surface area contributed by atoms with Crippen LogP contribution in [0.4, 0.5) is 5.69 Å². The van der Waals surface area contributed by atoms with Gasteiger partial charge >= 0.3 is 0 Å². The maximum absolute atomic E-state index is 13.4. The summed E-state index contributed by atoms with van der Waals surface area (Å²) in [5.74, 6) is -0.843. The fraction of sp³-hybridized carbons (Fsp3) is 0.364. The van der Waals surface area contributed by atoms with Gasteiger partial charge in [0, 0.05) is 21.8 Å². The van der Waals surface area contributed by atoms with Gasteiger partial charge in [0.15, 0.2) is 0 Å². The SMILES string of the molecule is O=C(NC1CCCCC1)[C@H](c1ccc(Cl)cc1)N(C(=O)CCl)c1ccc(Cl)cc1. The zero-order chi connectivity index (χ0) is 20.8. The van der Waals surface area contributed by atoms with Crippen LogP contribution in [-0.2, 0) is 9.59 Å². The number of alkyl halides is 1. The Labute approximate surface area is 186 Å². The number of carbonyl (C=O) groups is 2. The monoisotopic (exact) mass is 452 g/mol. The molecule has 0 aliphatic heterocycles. The topological polar surface area (TPSA) is 49.4 Å². The zero-order valence-corrected chi connectivity index (χ0v) is 18.2. The summed E-state index contributed by atoms with van der Waals surface area (Å²) in [4.78, 5) is 27.7. The number of nitrogens with one attached hydrogen (secondary N) is 1. The summed E-state index contributed by atoms with van der Waals surface area (Å²) in [6, 6.07) is 13.0. The summed E-state index contributed by atoms with van der Waals surface area (Å²) >= 11 is 18.0. The van der Waals surface area contributed by atoms with Gasteiger partial charge in [-0.3, -0.25) is 14.5 Å². The first kappa shape index (κ1) is 21.9. The highest BCUT2D eigenvalue weighted by Crippen LogP contribution is 2.31. The highest BCUT2D eigenvalue weighted by Gasteiger charge is 2.33. The van der Waals surface area contributed by atoms with Gasteiger partial charge < -0.3 is 5.32 Å². The van der Waals surface area contributed by atoms with Gasteiger partial charge in [-0.2, -0.15) is 0 Å². The lowest BCUT2D eigenvalue weighted by Crippen LogP contribution is -2.47. The van der Waals surface area contributed by atoms with Gasteiger partial charge in [0.25, 0.3) is 0 Å². The molecule has 29 heavy (non-hydrogen) atoms. The summed E-state index contributed by atoms with van der Waals surface area (Å²) < 4.78 is 0. The van der Waals surface area contributed by atoms with Crippen molar-refractivity contribution >= 4 is 52.3 Å². The van der Waals surface area contributed by atoms with Gasteiger partial charge in [0.1, 0.15) is 11.9 Å². The van der Waals surface area contributed by atoms with Gasteiger partial charge in [0.05, 0.1) is 0 Å². The van der Waals surface area contributed by atoms with Crippen LogP contribution in [0.15, 0.2) is 48.5 Å². The summed E-state index contributed by atoms with van der Waals surface area (Å²) in [6.45, 7) is 0. The second-order valence-corrected chi connectivity index (χ2v) is 8.31. The molecule has 0 heterocycles. The van der Waals surface area contributed by atoms with E-state index in [2.05, 4.69) is 5.32 Å². The van der Waals surface area contributed by atoms with Crippen LogP contribution in [0.25, 0.3) is 0 Å². The molecule has 2 amide bonds. The van der Waals surface area contributed by atoms with Crippen molar-refractivity contribution in [3.8, 4) is 0 Å². The predicted octanol–water partition coefficient (Wildman–Crippen LogP) is 5.76. The number of amides is 2. The molecule has 1 atom stereocenters. The molecule has 2 aromatic carbocycles. The van der Waals surface area contributed by atoms with Crippen LogP contribution in [0.1, 0.15) is 43.7 Å². The molecule has 7 heteroatoms. The minimum absolute atomic E-state index is 0.115. The summed E-state index contributed by atoms with van der Waals surface area (Å²) in [7, 11) is 0. The van der Waals surface area contributed by atoms with E-state index in [1.54, 1.807) is 48.5 Å². The largest absolute Gasteiger partial charge is 0.351 e. The molecule has 2 aromatic rings. The Kier molecular flexibility index (Phi) is 7.82. The van der Waals surface area contributed by atoms with Crippen molar-refractivity contribution < 1.29 is 9.59 Å². The molecule has 1 N–H and O–H groups in total. The van der Waals surface area contributed by atoms with Crippen LogP contribution in [0.2, 0.25) is 10.0 Å². The second-order valence-electron chi connectivity index (χ2n) is 7.17. The molecule has 0 bridgehead atoms. The minimum atomic E-state index is -0.860. The number of benzene rings is 2. The molecule has 154 valence electrons. The van der Waals surface area contributed by atoms with E-state index >= 15 is 0 Å². The number of anilines is 1. The van der Waals surface area contributed by atoms with Gasteiger partial charge in [-0.25, -0.2) is 0 Å². The maximum atomic E-state index is 13.4. The van der Waals surface area contributed by atoms with Crippen molar-refractivity contribution in [1.29, 1.82) is 0 Å². The van der Waals surface area contributed by atoms with E-state index in [1.807, 2.05) is 0 Å². The minimum Gasteiger partial charge on any atom is -0.351 e. The number of halogens is 3. The van der Waals surface area contributed by atoms with Gasteiger partial charge in [-0.05, 0) is 54.8 Å². The number of nitrogens with zero attached hydrogens (tertiary/aromatic N) is 1. The first-order chi connectivity index (χ1) is 14.0. The van der Waals surface area contributed by atoms with Crippen molar-refractivity contribution in [1.82, 2.24) is 5.32 Å². The van der Waals surface area contributed by atoms with Crippen LogP contribution in [0, 0.1) is 0 Å². The fourth-order valence-corrected chi connectivity index (χ4v) is 4.07. The molecule has 4 nitrogen and oxygen atoms in total. The summed E-state index contributed by atoms with van der Waals surface area (Å²) in [6.07, 6.45) is 5.28. The Bertz CT molecular complexity index is 834. The first-order valence-electron chi connectivity index (χ1n) is 9.69. The van der Waals surface area contributed by atoms with Gasteiger partial charge in [0.2, 0.25) is 11.8 Å². The van der Waals surface area contributed by atoms with Crippen LogP contribution in [0.5, 0.6) is 0 Å². The van der Waals surface area contributed by atoms with Crippen LogP contribution in [-0.4, -0.2) is 23.7 Å². The average molecular weight is 454 g/mol. The molecule has 1 saturated carbocycles. The molecule has 0 unspecified atom stereocenters. The normalized spacial score (nSPS) is 15.6. The molecule has 1 aliphatic rings. The highest BCUT2D eigenvalue weighted by atomic mass is 35.5. The highest BCUT2D eigenvalue weighted by molar-refractivity contribution is 6.31. The molecular weight excluding hydrogens is 431 g/mol. The van der Waals surface area contributed by atoms with Crippen molar-refractivity contribution in [3.63, 3.8) is 0 Å². The van der Waals surface area contributed by atoms with Crippen molar-refractivity contribution in [3.05, 3.63) is 64.1 Å². The van der Waals surface area contributed by atoms with E-state index in [0.29, 0.717) is 21.3 Å². The van der Waals surface area contributed by atoms with Crippen molar-refractivity contribution in [2.24, 2.45) is 0 Å². The molecule has 0 radical (unpaired) electrons. The number of hydrogen-bond acceptors (Lipinski definition) is 2. The quantitative estimate of drug-likeness (QED) is 0.566. The Balaban J connectivity index is 2.00.